The quantitative estimate of drug-likeness (QED) is 0.211. The number of anilines is 1. The molecule has 0 amide bonds. The van der Waals surface area contributed by atoms with Crippen LogP contribution in [0.5, 0.6) is 0 Å². The summed E-state index contributed by atoms with van der Waals surface area (Å²) in [4.78, 5) is 2.01. The number of para-hydroxylation sites is 1. The van der Waals surface area contributed by atoms with Gasteiger partial charge < -0.3 is 4.90 Å². The third kappa shape index (κ3) is 3.94. The highest BCUT2D eigenvalue weighted by Crippen LogP contribution is 2.48. The predicted octanol–water partition coefficient (Wildman–Crippen LogP) is 7.52. The molecule has 0 atom stereocenters. The molecule has 0 saturated heterocycles. The third-order valence-corrected chi connectivity index (χ3v) is 9.33. The number of hydrogen-bond acceptors (Lipinski definition) is 3. The molecule has 0 saturated carbocycles. The van der Waals surface area contributed by atoms with Crippen molar-refractivity contribution in [3.05, 3.63) is 120 Å². The molecular weight excluding hydrogens is 516 g/mol. The highest BCUT2D eigenvalue weighted by Gasteiger charge is 2.46. The maximum atomic E-state index is 11.8. The van der Waals surface area contributed by atoms with Crippen LogP contribution >= 0.6 is 0 Å². The third-order valence-electron chi connectivity index (χ3n) is 8.48. The van der Waals surface area contributed by atoms with Gasteiger partial charge in [-0.05, 0) is 60.5 Å². The lowest BCUT2D eigenvalue weighted by Gasteiger charge is -2.23. The zero-order valence-corrected chi connectivity index (χ0v) is 24.2. The SMILES string of the molecule is CN1/C(=C/C=C/C2=[N+](c3ccccc3)c3ccc4ccccc4c3C2(C)C)C(C)(C)c2cc(S(=O)(=O)O)ccc21. The molecular formula is C34H33N2O3S+. The van der Waals surface area contributed by atoms with Gasteiger partial charge in [0.05, 0.1) is 10.3 Å². The van der Waals surface area contributed by atoms with Crippen LogP contribution in [0, 0.1) is 0 Å². The first-order valence-corrected chi connectivity index (χ1v) is 14.9. The van der Waals surface area contributed by atoms with Crippen LogP contribution < -0.4 is 9.48 Å². The summed E-state index contributed by atoms with van der Waals surface area (Å²) in [5, 5.41) is 2.49. The van der Waals surface area contributed by atoms with Gasteiger partial charge >= 0.3 is 0 Å². The Hall–Kier alpha value is -4.00. The molecule has 2 heterocycles. The molecule has 5 nitrogen and oxygen atoms in total. The van der Waals surface area contributed by atoms with Crippen LogP contribution in [0.25, 0.3) is 10.8 Å². The Balaban J connectivity index is 1.48. The molecule has 0 aromatic heterocycles. The molecule has 202 valence electrons. The second kappa shape index (κ2) is 9.01. The van der Waals surface area contributed by atoms with Gasteiger partial charge in [0.2, 0.25) is 11.4 Å². The first-order valence-electron chi connectivity index (χ1n) is 13.4. The monoisotopic (exact) mass is 549 g/mol. The van der Waals surface area contributed by atoms with Gasteiger partial charge in [-0.25, -0.2) is 0 Å². The fraction of sp³-hybridized carbons (Fsp3) is 0.206. The van der Waals surface area contributed by atoms with Crippen LogP contribution in [0.15, 0.2) is 114 Å². The summed E-state index contributed by atoms with van der Waals surface area (Å²) in [5.41, 5.74) is 6.90. The smallest absolute Gasteiger partial charge is 0.294 e. The van der Waals surface area contributed by atoms with Crippen molar-refractivity contribution in [1.82, 2.24) is 4.58 Å². The van der Waals surface area contributed by atoms with Crippen LogP contribution in [0.1, 0.15) is 38.8 Å². The van der Waals surface area contributed by atoms with E-state index in [1.807, 2.05) is 13.1 Å². The van der Waals surface area contributed by atoms with Crippen molar-refractivity contribution in [3.8, 4) is 0 Å². The van der Waals surface area contributed by atoms with Crippen LogP contribution in [0.3, 0.4) is 0 Å². The highest BCUT2D eigenvalue weighted by atomic mass is 32.2. The molecule has 2 aliphatic rings. The van der Waals surface area contributed by atoms with E-state index < -0.39 is 15.5 Å². The number of hydrogen-bond donors (Lipinski definition) is 1. The molecule has 0 radical (unpaired) electrons. The van der Waals surface area contributed by atoms with E-state index in [1.54, 1.807) is 12.1 Å². The van der Waals surface area contributed by atoms with Gasteiger partial charge in [-0.3, -0.25) is 4.55 Å². The Morgan fingerprint density at radius 2 is 1.55 bits per heavy atom. The Bertz CT molecular complexity index is 1880. The van der Waals surface area contributed by atoms with E-state index in [1.165, 1.54) is 33.8 Å². The van der Waals surface area contributed by atoms with Gasteiger partial charge in [0, 0.05) is 53.7 Å². The summed E-state index contributed by atoms with van der Waals surface area (Å²) in [7, 11) is -2.29. The first-order chi connectivity index (χ1) is 18.9. The molecule has 6 heteroatoms. The molecule has 0 spiro atoms. The van der Waals surface area contributed by atoms with Crippen molar-refractivity contribution in [1.29, 1.82) is 0 Å². The number of likely N-dealkylation sites (N-methyl/N-ethyl adjacent to an activating group) is 1. The van der Waals surface area contributed by atoms with Crippen molar-refractivity contribution < 1.29 is 13.0 Å². The van der Waals surface area contributed by atoms with Gasteiger partial charge in [0.15, 0.2) is 5.71 Å². The second-order valence-corrected chi connectivity index (χ2v) is 13.0. The molecule has 4 aromatic carbocycles. The predicted molar refractivity (Wildman–Crippen MR) is 165 cm³/mol. The second-order valence-electron chi connectivity index (χ2n) is 11.6. The van der Waals surface area contributed by atoms with Crippen LogP contribution in [0.4, 0.5) is 17.1 Å². The van der Waals surface area contributed by atoms with Gasteiger partial charge in [-0.1, -0.05) is 62.4 Å². The first kappa shape index (κ1) is 26.2. The van der Waals surface area contributed by atoms with Gasteiger partial charge in [0.1, 0.15) is 0 Å². The number of nitrogens with zero attached hydrogens (tertiary/aromatic N) is 2. The summed E-state index contributed by atoms with van der Waals surface area (Å²) in [6, 6.07) is 28.2. The fourth-order valence-electron chi connectivity index (χ4n) is 6.48. The fourth-order valence-corrected chi connectivity index (χ4v) is 6.99. The van der Waals surface area contributed by atoms with E-state index in [0.717, 1.165) is 22.6 Å². The topological polar surface area (TPSA) is 60.6 Å². The highest BCUT2D eigenvalue weighted by molar-refractivity contribution is 7.85. The minimum absolute atomic E-state index is 0.0868. The zero-order valence-electron chi connectivity index (χ0n) is 23.4. The Kier molecular flexibility index (Phi) is 5.91. The summed E-state index contributed by atoms with van der Waals surface area (Å²) >= 11 is 0. The van der Waals surface area contributed by atoms with Gasteiger partial charge in [0.25, 0.3) is 10.1 Å². The maximum absolute atomic E-state index is 11.8. The average Bonchev–Trinajstić information content (AvgIpc) is 3.27. The largest absolute Gasteiger partial charge is 0.347 e. The molecule has 40 heavy (non-hydrogen) atoms. The minimum Gasteiger partial charge on any atom is -0.347 e. The number of rotatable bonds is 4. The molecule has 0 aliphatic carbocycles. The summed E-state index contributed by atoms with van der Waals surface area (Å²) in [6.07, 6.45) is 6.41. The number of allylic oxidation sites excluding steroid dienone is 4. The zero-order chi connectivity index (χ0) is 28.4. The molecule has 0 fully saturated rings. The molecule has 2 aliphatic heterocycles. The van der Waals surface area contributed by atoms with E-state index in [4.69, 9.17) is 0 Å². The van der Waals surface area contributed by atoms with Crippen molar-refractivity contribution in [2.24, 2.45) is 0 Å². The van der Waals surface area contributed by atoms with E-state index in [-0.39, 0.29) is 10.3 Å². The Labute approximate surface area is 236 Å². The van der Waals surface area contributed by atoms with Gasteiger partial charge in [-0.2, -0.15) is 13.0 Å². The Morgan fingerprint density at radius 1 is 0.850 bits per heavy atom. The average molecular weight is 550 g/mol. The maximum Gasteiger partial charge on any atom is 0.294 e. The van der Waals surface area contributed by atoms with Crippen molar-refractivity contribution in [3.63, 3.8) is 0 Å². The standard InChI is InChI=1S/C34H32N2O3S/c1-33(2)27-22-25(40(37,38)39)19-21-28(27)35(5)30(33)16-11-17-31-34(3,4)32-26-15-10-9-12-23(26)18-20-29(32)36(31)24-13-7-6-8-14-24/h6-22H,1-5H3/p+1. The van der Waals surface area contributed by atoms with Gasteiger partial charge in [-0.15, -0.1) is 0 Å². The summed E-state index contributed by atoms with van der Waals surface area (Å²) in [6.45, 7) is 8.72. The Morgan fingerprint density at radius 3 is 2.27 bits per heavy atom. The number of fused-ring (bicyclic) bond motifs is 4. The van der Waals surface area contributed by atoms with E-state index in [9.17, 15) is 13.0 Å². The normalized spacial score (nSPS) is 18.6. The molecule has 0 unspecified atom stereocenters. The lowest BCUT2D eigenvalue weighted by molar-refractivity contribution is 0.483. The van der Waals surface area contributed by atoms with Crippen molar-refractivity contribution >= 4 is 43.7 Å². The summed E-state index contributed by atoms with van der Waals surface area (Å²) in [5.74, 6) is 0. The van der Waals surface area contributed by atoms with E-state index in [0.29, 0.717) is 0 Å². The van der Waals surface area contributed by atoms with E-state index >= 15 is 0 Å². The van der Waals surface area contributed by atoms with Crippen LogP contribution in [-0.4, -0.2) is 25.7 Å². The van der Waals surface area contributed by atoms with Crippen LogP contribution in [0.2, 0.25) is 0 Å². The van der Waals surface area contributed by atoms with Crippen LogP contribution in [-0.2, 0) is 20.9 Å². The van der Waals surface area contributed by atoms with Crippen molar-refractivity contribution in [2.75, 3.05) is 11.9 Å². The molecule has 4 aromatic rings. The molecule has 6 rings (SSSR count). The lowest BCUT2D eigenvalue weighted by Crippen LogP contribution is -2.28. The molecule has 1 N–H and O–H groups in total. The summed E-state index contributed by atoms with van der Waals surface area (Å²) < 4.78 is 35.6. The van der Waals surface area contributed by atoms with Crippen molar-refractivity contribution in [2.45, 2.75) is 43.4 Å². The number of benzene rings is 4. The van der Waals surface area contributed by atoms with E-state index in [2.05, 4.69) is 116 Å². The lowest BCUT2D eigenvalue weighted by atomic mass is 9.79. The minimum atomic E-state index is -4.29. The molecule has 0 bridgehead atoms.